The second-order valence-electron chi connectivity index (χ2n) is 3.86. The molecular weight excluding hydrogens is 211 g/mol. The Morgan fingerprint density at radius 1 is 1.44 bits per heavy atom. The molecule has 1 fully saturated rings. The maximum atomic E-state index is 13.2. The normalized spacial score (nSPS) is 18.6. The second-order valence-corrected chi connectivity index (χ2v) is 3.86. The largest absolute Gasteiger partial charge is 0.386 e. The monoisotopic (exact) mass is 226 g/mol. The number of nitrogens with zero attached hydrogens (tertiary/aromatic N) is 1. The topological polar surface area (TPSA) is 55.2 Å². The number of hydrogen-bond donors (Lipinski definition) is 1. The Kier molecular flexibility index (Phi) is 4.22. The third kappa shape index (κ3) is 4.72. The molecule has 4 nitrogen and oxygen atoms in total. The molecule has 1 saturated carbocycles. The molecule has 1 aliphatic rings. The van der Waals surface area contributed by atoms with E-state index in [1.165, 1.54) is 13.0 Å². The lowest BCUT2D eigenvalue weighted by atomic mass is 10.3. The summed E-state index contributed by atoms with van der Waals surface area (Å²) in [5.74, 6) is -0.494. The third-order valence-corrected chi connectivity index (χ3v) is 2.14. The van der Waals surface area contributed by atoms with Crippen LogP contribution >= 0.6 is 0 Å². The van der Waals surface area contributed by atoms with Gasteiger partial charge in [-0.15, -0.1) is 0 Å². The number of halogens is 1. The Balaban J connectivity index is 2.55. The zero-order valence-electron chi connectivity index (χ0n) is 9.37. The summed E-state index contributed by atoms with van der Waals surface area (Å²) in [5.41, 5.74) is 0.653. The van der Waals surface area contributed by atoms with Crippen molar-refractivity contribution in [2.45, 2.75) is 32.7 Å². The summed E-state index contributed by atoms with van der Waals surface area (Å²) < 4.78 is 13.2. The predicted octanol–water partition coefficient (Wildman–Crippen LogP) is 2.68. The maximum Gasteiger partial charge on any atom is 0.243 e. The van der Waals surface area contributed by atoms with Gasteiger partial charge in [0, 0.05) is 24.7 Å². The molecule has 0 unspecified atom stereocenters. The number of nitrogens with one attached hydrogen (secondary N) is 1. The van der Waals surface area contributed by atoms with Gasteiger partial charge in [0.25, 0.3) is 0 Å². The standard InChI is InChI=1S/C11H15FN2O2/c1-8(13-11-5-6-11)7-10(12)4-3-9(2)14(15)16/h3-4,7,11,13H,5-6H2,1-2H3/b8-7+,9-3+,10-4+. The summed E-state index contributed by atoms with van der Waals surface area (Å²) >= 11 is 0. The van der Waals surface area contributed by atoms with Crippen LogP contribution in [0.15, 0.2) is 35.4 Å². The number of nitro groups is 1. The highest BCUT2D eigenvalue weighted by molar-refractivity contribution is 5.21. The van der Waals surface area contributed by atoms with Gasteiger partial charge >= 0.3 is 0 Å². The molecule has 1 N–H and O–H groups in total. The van der Waals surface area contributed by atoms with E-state index in [-0.39, 0.29) is 5.70 Å². The van der Waals surface area contributed by atoms with Gasteiger partial charge in [-0.1, -0.05) is 0 Å². The molecule has 16 heavy (non-hydrogen) atoms. The molecule has 1 rings (SSSR count). The van der Waals surface area contributed by atoms with Crippen molar-refractivity contribution in [2.24, 2.45) is 0 Å². The van der Waals surface area contributed by atoms with Gasteiger partial charge in [0.05, 0.1) is 4.92 Å². The second kappa shape index (κ2) is 5.44. The Labute approximate surface area is 93.7 Å². The lowest BCUT2D eigenvalue weighted by molar-refractivity contribution is -0.424. The van der Waals surface area contributed by atoms with Crippen LogP contribution in [0.5, 0.6) is 0 Å². The Hall–Kier alpha value is -1.65. The van der Waals surface area contributed by atoms with Crippen LogP contribution in [0.1, 0.15) is 26.7 Å². The van der Waals surface area contributed by atoms with Gasteiger partial charge in [0.2, 0.25) is 5.70 Å². The minimum Gasteiger partial charge on any atom is -0.386 e. The van der Waals surface area contributed by atoms with Gasteiger partial charge in [-0.05, 0) is 31.9 Å². The van der Waals surface area contributed by atoms with Crippen molar-refractivity contribution in [1.29, 1.82) is 0 Å². The third-order valence-electron chi connectivity index (χ3n) is 2.14. The minimum atomic E-state index is -0.553. The number of hydrogen-bond acceptors (Lipinski definition) is 3. The Morgan fingerprint density at radius 3 is 2.56 bits per heavy atom. The highest BCUT2D eigenvalue weighted by Crippen LogP contribution is 2.20. The molecule has 0 spiro atoms. The van der Waals surface area contributed by atoms with Crippen molar-refractivity contribution in [3.05, 3.63) is 45.6 Å². The lowest BCUT2D eigenvalue weighted by Gasteiger charge is -2.02. The fraction of sp³-hybridized carbons (Fsp3) is 0.455. The first-order chi connectivity index (χ1) is 7.49. The fourth-order valence-corrected chi connectivity index (χ4v) is 1.11. The van der Waals surface area contributed by atoms with Gasteiger partial charge < -0.3 is 5.32 Å². The van der Waals surface area contributed by atoms with E-state index in [9.17, 15) is 14.5 Å². The molecule has 0 radical (unpaired) electrons. The Morgan fingerprint density at radius 2 is 2.06 bits per heavy atom. The molecule has 0 saturated heterocycles. The molecule has 0 aromatic heterocycles. The van der Waals surface area contributed by atoms with Gasteiger partial charge in [0.15, 0.2) is 0 Å². The van der Waals surface area contributed by atoms with Gasteiger partial charge in [0.1, 0.15) is 5.83 Å². The smallest absolute Gasteiger partial charge is 0.243 e. The molecule has 88 valence electrons. The highest BCUT2D eigenvalue weighted by atomic mass is 19.1. The van der Waals surface area contributed by atoms with Crippen LogP contribution in [-0.2, 0) is 0 Å². The van der Waals surface area contributed by atoms with Gasteiger partial charge in [-0.2, -0.15) is 0 Å². The molecule has 5 heteroatoms. The summed E-state index contributed by atoms with van der Waals surface area (Å²) in [6.45, 7) is 3.10. The van der Waals surface area contributed by atoms with Crippen molar-refractivity contribution in [2.75, 3.05) is 0 Å². The zero-order chi connectivity index (χ0) is 12.1. The van der Waals surface area contributed by atoms with E-state index in [2.05, 4.69) is 5.32 Å². The van der Waals surface area contributed by atoms with E-state index in [0.717, 1.165) is 30.7 Å². The summed E-state index contributed by atoms with van der Waals surface area (Å²) in [4.78, 5) is 9.69. The fourth-order valence-electron chi connectivity index (χ4n) is 1.11. The van der Waals surface area contributed by atoms with Crippen molar-refractivity contribution < 1.29 is 9.31 Å². The first kappa shape index (κ1) is 12.4. The first-order valence-corrected chi connectivity index (χ1v) is 5.12. The molecule has 0 aromatic carbocycles. The molecule has 0 bridgehead atoms. The predicted molar refractivity (Wildman–Crippen MR) is 59.9 cm³/mol. The Bertz CT molecular complexity index is 368. The molecular formula is C11H15FN2O2. The van der Waals surface area contributed by atoms with Gasteiger partial charge in [-0.25, -0.2) is 4.39 Å². The van der Waals surface area contributed by atoms with Crippen molar-refractivity contribution in [1.82, 2.24) is 5.32 Å². The van der Waals surface area contributed by atoms with Crippen molar-refractivity contribution in [3.63, 3.8) is 0 Å². The first-order valence-electron chi connectivity index (χ1n) is 5.12. The van der Waals surface area contributed by atoms with Crippen LogP contribution in [0.4, 0.5) is 4.39 Å². The van der Waals surface area contributed by atoms with Crippen LogP contribution in [0, 0.1) is 10.1 Å². The van der Waals surface area contributed by atoms with E-state index < -0.39 is 10.8 Å². The molecule has 0 amide bonds. The average molecular weight is 226 g/mol. The molecule has 1 aliphatic carbocycles. The van der Waals surface area contributed by atoms with Crippen molar-refractivity contribution in [3.8, 4) is 0 Å². The molecule has 0 aromatic rings. The van der Waals surface area contributed by atoms with Gasteiger partial charge in [-0.3, -0.25) is 10.1 Å². The number of allylic oxidation sites excluding steroid dienone is 6. The van der Waals surface area contributed by atoms with Crippen LogP contribution in [-0.4, -0.2) is 11.0 Å². The highest BCUT2D eigenvalue weighted by Gasteiger charge is 2.20. The lowest BCUT2D eigenvalue weighted by Crippen LogP contribution is -2.12. The van der Waals surface area contributed by atoms with E-state index in [4.69, 9.17) is 0 Å². The minimum absolute atomic E-state index is 0.0867. The SMILES string of the molecule is C\C(=C/C(F)=C\C=C(/C)[N+](=O)[O-])NC1CC1. The zero-order valence-corrected chi connectivity index (χ0v) is 9.37. The maximum absolute atomic E-state index is 13.2. The van der Waals surface area contributed by atoms with Crippen molar-refractivity contribution >= 4 is 0 Å². The summed E-state index contributed by atoms with van der Waals surface area (Å²) in [7, 11) is 0. The molecule has 0 heterocycles. The van der Waals surface area contributed by atoms with Crippen LogP contribution in [0.25, 0.3) is 0 Å². The quantitative estimate of drug-likeness (QED) is 0.445. The van der Waals surface area contributed by atoms with Crippen LogP contribution in [0.3, 0.4) is 0 Å². The summed E-state index contributed by atoms with van der Waals surface area (Å²) in [6.07, 6.45) is 5.82. The summed E-state index contributed by atoms with van der Waals surface area (Å²) in [5, 5.41) is 13.4. The van der Waals surface area contributed by atoms with E-state index in [1.807, 2.05) is 0 Å². The van der Waals surface area contributed by atoms with E-state index in [1.54, 1.807) is 6.92 Å². The van der Waals surface area contributed by atoms with E-state index in [0.29, 0.717) is 6.04 Å². The molecule has 0 atom stereocenters. The van der Waals surface area contributed by atoms with Crippen LogP contribution < -0.4 is 5.32 Å². The van der Waals surface area contributed by atoms with E-state index >= 15 is 0 Å². The van der Waals surface area contributed by atoms with Crippen LogP contribution in [0.2, 0.25) is 0 Å². The molecule has 0 aliphatic heterocycles. The number of rotatable bonds is 5. The average Bonchev–Trinajstić information content (AvgIpc) is 2.97. The summed E-state index contributed by atoms with van der Waals surface area (Å²) in [6, 6.07) is 0.472.